The van der Waals surface area contributed by atoms with E-state index in [1.807, 2.05) is 43.4 Å². The molecule has 1 aromatic rings. The number of rotatable bonds is 5. The fraction of sp³-hybridized carbons (Fsp3) is 0.250. The Morgan fingerprint density at radius 2 is 2.00 bits per heavy atom. The first-order chi connectivity index (χ1) is 7.53. The predicted molar refractivity (Wildman–Crippen MR) is 65.7 cm³/mol. The van der Waals surface area contributed by atoms with E-state index in [2.05, 4.69) is 6.58 Å². The van der Waals surface area contributed by atoms with Crippen LogP contribution in [0.4, 0.5) is 0 Å². The van der Waals surface area contributed by atoms with Crippen LogP contribution >= 0.6 is 0 Å². The van der Waals surface area contributed by atoms with Gasteiger partial charge in [0.2, 0.25) is 0 Å². The molecule has 1 rings (SSSR count). The van der Waals surface area contributed by atoms with E-state index in [1.165, 1.54) is 0 Å². The molecule has 4 heteroatoms. The summed E-state index contributed by atoms with van der Waals surface area (Å²) in [5.74, 6) is 0.408. The molecule has 1 aromatic carbocycles. The highest BCUT2D eigenvalue weighted by atomic mass is 28.4. The minimum Gasteiger partial charge on any atom is -0.541 e. The van der Waals surface area contributed by atoms with Gasteiger partial charge < -0.3 is 9.16 Å². The van der Waals surface area contributed by atoms with Gasteiger partial charge in [0.25, 0.3) is 8.32 Å². The zero-order valence-corrected chi connectivity index (χ0v) is 10.6. The van der Waals surface area contributed by atoms with Crippen LogP contribution in [0.3, 0.4) is 0 Å². The number of carbonyl (C=O) groups is 1. The van der Waals surface area contributed by atoms with Crippen molar-refractivity contribution in [1.82, 2.24) is 0 Å². The normalized spacial score (nSPS) is 10.6. The topological polar surface area (TPSA) is 35.5 Å². The highest BCUT2D eigenvalue weighted by molar-refractivity contribution is 6.71. The second-order valence-electron chi connectivity index (χ2n) is 3.99. The lowest BCUT2D eigenvalue weighted by Gasteiger charge is -2.23. The fourth-order valence-electron chi connectivity index (χ4n) is 1.14. The predicted octanol–water partition coefficient (Wildman–Crippen LogP) is 2.54. The van der Waals surface area contributed by atoms with E-state index in [4.69, 9.17) is 9.16 Å². The van der Waals surface area contributed by atoms with Crippen LogP contribution in [0, 0.1) is 0 Å². The second-order valence-corrected chi connectivity index (χ2v) is 8.00. The summed E-state index contributed by atoms with van der Waals surface area (Å²) in [6, 6.07) is 9.54. The third-order valence-corrected chi connectivity index (χ3v) is 3.49. The number of hydrogen-bond acceptors (Lipinski definition) is 3. The van der Waals surface area contributed by atoms with Gasteiger partial charge >= 0.3 is 5.97 Å². The molecule has 0 aliphatic carbocycles. The molecule has 0 saturated carbocycles. The molecule has 0 heterocycles. The second kappa shape index (κ2) is 5.51. The molecule has 0 N–H and O–H groups in total. The van der Waals surface area contributed by atoms with Crippen molar-refractivity contribution < 1.29 is 14.0 Å². The number of benzene rings is 1. The third kappa shape index (κ3) is 4.31. The Labute approximate surface area is 96.8 Å². The summed E-state index contributed by atoms with van der Waals surface area (Å²) in [7, 11) is -2.01. The summed E-state index contributed by atoms with van der Waals surface area (Å²) >= 11 is 0. The molecule has 16 heavy (non-hydrogen) atoms. The Hall–Kier alpha value is -1.55. The van der Waals surface area contributed by atoms with E-state index in [0.29, 0.717) is 6.23 Å². The van der Waals surface area contributed by atoms with Crippen molar-refractivity contribution in [2.45, 2.75) is 13.1 Å². The first kappa shape index (κ1) is 12.5. The number of para-hydroxylation sites is 1. The molecular formula is C12H16O3Si. The van der Waals surface area contributed by atoms with Crippen LogP contribution in [-0.4, -0.2) is 20.5 Å². The minimum atomic E-state index is -2.01. The molecule has 0 aromatic heterocycles. The van der Waals surface area contributed by atoms with Gasteiger partial charge in [0, 0.05) is 6.08 Å². The van der Waals surface area contributed by atoms with Crippen molar-refractivity contribution in [2.75, 3.05) is 6.23 Å². The van der Waals surface area contributed by atoms with Crippen LogP contribution in [-0.2, 0) is 9.53 Å². The molecular weight excluding hydrogens is 220 g/mol. The van der Waals surface area contributed by atoms with Crippen molar-refractivity contribution in [2.24, 2.45) is 0 Å². The van der Waals surface area contributed by atoms with E-state index < -0.39 is 14.3 Å². The number of carbonyl (C=O) groups excluding carboxylic acids is 1. The molecule has 0 bridgehead atoms. The van der Waals surface area contributed by atoms with E-state index in [9.17, 15) is 4.79 Å². The molecule has 3 nitrogen and oxygen atoms in total. The van der Waals surface area contributed by atoms with Gasteiger partial charge in [-0.2, -0.15) is 0 Å². The molecule has 0 fully saturated rings. The van der Waals surface area contributed by atoms with Crippen LogP contribution in [0.1, 0.15) is 0 Å². The largest absolute Gasteiger partial charge is 0.541 e. The van der Waals surface area contributed by atoms with Crippen LogP contribution in [0.2, 0.25) is 13.1 Å². The van der Waals surface area contributed by atoms with Gasteiger partial charge in [-0.05, 0) is 25.2 Å². The number of esters is 1. The summed E-state index contributed by atoms with van der Waals surface area (Å²) in [5, 5.41) is 0. The molecule has 0 amide bonds. The summed E-state index contributed by atoms with van der Waals surface area (Å²) in [4.78, 5) is 10.9. The Bertz CT molecular complexity index is 360. The number of hydrogen-bond donors (Lipinski definition) is 0. The lowest BCUT2D eigenvalue weighted by Crippen LogP contribution is -2.41. The molecule has 0 radical (unpaired) electrons. The van der Waals surface area contributed by atoms with Crippen molar-refractivity contribution in [3.63, 3.8) is 0 Å². The molecule has 0 aliphatic rings. The molecule has 86 valence electrons. The fourth-order valence-corrected chi connectivity index (χ4v) is 2.46. The maximum atomic E-state index is 10.9. The lowest BCUT2D eigenvalue weighted by molar-refractivity contribution is -0.136. The average Bonchev–Trinajstić information content (AvgIpc) is 2.27. The maximum absolute atomic E-state index is 10.9. The van der Waals surface area contributed by atoms with E-state index in [-0.39, 0.29) is 0 Å². The first-order valence-corrected chi connectivity index (χ1v) is 8.18. The van der Waals surface area contributed by atoms with Crippen LogP contribution < -0.4 is 4.43 Å². The van der Waals surface area contributed by atoms with Crippen molar-refractivity contribution in [1.29, 1.82) is 0 Å². The zero-order valence-electron chi connectivity index (χ0n) is 9.60. The molecule has 0 unspecified atom stereocenters. The summed E-state index contributed by atoms with van der Waals surface area (Å²) in [6.07, 6.45) is 1.49. The van der Waals surface area contributed by atoms with Crippen LogP contribution in [0.15, 0.2) is 43.0 Å². The molecule has 0 saturated heterocycles. The smallest absolute Gasteiger partial charge is 0.329 e. The van der Waals surface area contributed by atoms with Gasteiger partial charge in [-0.1, -0.05) is 24.8 Å². The molecule has 0 atom stereocenters. The van der Waals surface area contributed by atoms with Crippen molar-refractivity contribution in [3.05, 3.63) is 43.0 Å². The standard InChI is InChI=1S/C12H16O3Si/c1-4-12(13)14-10-16(2,3)15-11-8-6-5-7-9-11/h4-9H,1,10H2,2-3H3. The van der Waals surface area contributed by atoms with E-state index in [1.54, 1.807) is 0 Å². The van der Waals surface area contributed by atoms with E-state index >= 15 is 0 Å². The van der Waals surface area contributed by atoms with Gasteiger partial charge in [-0.25, -0.2) is 4.79 Å². The summed E-state index contributed by atoms with van der Waals surface area (Å²) in [5.41, 5.74) is 0. The third-order valence-electron chi connectivity index (χ3n) is 1.87. The lowest BCUT2D eigenvalue weighted by atomic mass is 10.3. The van der Waals surface area contributed by atoms with Crippen molar-refractivity contribution in [3.8, 4) is 5.75 Å². The van der Waals surface area contributed by atoms with Gasteiger partial charge in [-0.3, -0.25) is 0 Å². The quantitative estimate of drug-likeness (QED) is 0.448. The van der Waals surface area contributed by atoms with E-state index in [0.717, 1.165) is 11.8 Å². The van der Waals surface area contributed by atoms with Gasteiger partial charge in [0.05, 0.1) is 0 Å². The number of ether oxygens (including phenoxy) is 1. The van der Waals surface area contributed by atoms with Gasteiger partial charge in [0.1, 0.15) is 12.0 Å². The summed E-state index contributed by atoms with van der Waals surface area (Å²) in [6.45, 7) is 7.34. The maximum Gasteiger partial charge on any atom is 0.329 e. The zero-order chi connectivity index (χ0) is 12.0. The van der Waals surface area contributed by atoms with Crippen molar-refractivity contribution >= 4 is 14.3 Å². The Morgan fingerprint density at radius 1 is 1.38 bits per heavy atom. The van der Waals surface area contributed by atoms with Gasteiger partial charge in [-0.15, -0.1) is 0 Å². The van der Waals surface area contributed by atoms with Crippen LogP contribution in [0.5, 0.6) is 5.75 Å². The molecule has 0 aliphatic heterocycles. The SMILES string of the molecule is C=CC(=O)OC[Si](C)(C)Oc1ccccc1. The highest BCUT2D eigenvalue weighted by Crippen LogP contribution is 2.15. The average molecular weight is 236 g/mol. The minimum absolute atomic E-state index is 0.326. The first-order valence-electron chi connectivity index (χ1n) is 5.07. The highest BCUT2D eigenvalue weighted by Gasteiger charge is 2.26. The Balaban J connectivity index is 2.51. The van der Waals surface area contributed by atoms with Gasteiger partial charge in [0.15, 0.2) is 0 Å². The monoisotopic (exact) mass is 236 g/mol. The van der Waals surface area contributed by atoms with Crippen LogP contribution in [0.25, 0.3) is 0 Å². The Kier molecular flexibility index (Phi) is 4.31. The summed E-state index contributed by atoms with van der Waals surface area (Å²) < 4.78 is 10.8. The molecule has 0 spiro atoms. The Morgan fingerprint density at radius 3 is 2.56 bits per heavy atom.